The minimum absolute atomic E-state index is 0.261. The molecule has 2 fully saturated rings. The first-order valence-corrected chi connectivity index (χ1v) is 10.8. The molecule has 5 rings (SSSR count). The van der Waals surface area contributed by atoms with Crippen molar-refractivity contribution in [2.75, 3.05) is 18.4 Å². The number of rotatable bonds is 2. The number of hydrogen-bond acceptors (Lipinski definition) is 3. The molecule has 31 heavy (non-hydrogen) atoms. The second-order valence-electron chi connectivity index (χ2n) is 8.42. The third-order valence-corrected chi connectivity index (χ3v) is 6.76. The Hall–Kier alpha value is -2.99. The molecule has 1 N–H and O–H groups in total. The standard InChI is InChI=1S/C24H21ClFN3O2/c25-17-1-4-19(5-2-17)28-23(30)24(31)29-12-15-9-14(10-16(15)13-29)20-7-8-27-22-6-3-18(26)11-21(20)22/h1-8,11,14-16H,9-10,12-13H2,(H,28,30)/t14-,15-,16+. The summed E-state index contributed by atoms with van der Waals surface area (Å²) >= 11 is 5.85. The van der Waals surface area contributed by atoms with E-state index in [9.17, 15) is 14.0 Å². The van der Waals surface area contributed by atoms with E-state index >= 15 is 0 Å². The molecule has 3 atom stereocenters. The Kier molecular flexibility index (Phi) is 5.10. The highest BCUT2D eigenvalue weighted by molar-refractivity contribution is 6.39. The van der Waals surface area contributed by atoms with Crippen LogP contribution in [0.25, 0.3) is 10.9 Å². The van der Waals surface area contributed by atoms with Gasteiger partial charge in [0.05, 0.1) is 5.52 Å². The van der Waals surface area contributed by atoms with E-state index in [1.807, 2.05) is 6.07 Å². The van der Waals surface area contributed by atoms with Gasteiger partial charge in [0.25, 0.3) is 0 Å². The van der Waals surface area contributed by atoms with E-state index in [-0.39, 0.29) is 5.82 Å². The smallest absolute Gasteiger partial charge is 0.313 e. The number of carbonyl (C=O) groups is 2. The number of halogens is 2. The topological polar surface area (TPSA) is 62.3 Å². The molecule has 2 amide bonds. The van der Waals surface area contributed by atoms with Crippen molar-refractivity contribution in [1.82, 2.24) is 9.88 Å². The molecule has 2 heterocycles. The summed E-state index contributed by atoms with van der Waals surface area (Å²) in [5.41, 5.74) is 2.46. The molecule has 1 saturated carbocycles. The summed E-state index contributed by atoms with van der Waals surface area (Å²) in [6, 6.07) is 13.3. The number of benzene rings is 2. The zero-order chi connectivity index (χ0) is 21.5. The van der Waals surface area contributed by atoms with Gasteiger partial charge in [-0.15, -0.1) is 0 Å². The van der Waals surface area contributed by atoms with Gasteiger partial charge < -0.3 is 10.2 Å². The van der Waals surface area contributed by atoms with Crippen molar-refractivity contribution in [3.63, 3.8) is 0 Å². The molecule has 0 unspecified atom stereocenters. The van der Waals surface area contributed by atoms with Crippen LogP contribution in [-0.4, -0.2) is 34.8 Å². The van der Waals surface area contributed by atoms with E-state index in [0.717, 1.165) is 29.3 Å². The van der Waals surface area contributed by atoms with Crippen molar-refractivity contribution in [3.8, 4) is 0 Å². The monoisotopic (exact) mass is 437 g/mol. The zero-order valence-electron chi connectivity index (χ0n) is 16.7. The fourth-order valence-corrected chi connectivity index (χ4v) is 5.20. The number of pyridine rings is 1. The van der Waals surface area contributed by atoms with Crippen LogP contribution in [0.2, 0.25) is 5.02 Å². The van der Waals surface area contributed by atoms with Crippen LogP contribution in [0.1, 0.15) is 24.3 Å². The summed E-state index contributed by atoms with van der Waals surface area (Å²) in [6.07, 6.45) is 3.62. The van der Waals surface area contributed by atoms with Gasteiger partial charge in [0.1, 0.15) is 5.82 Å². The van der Waals surface area contributed by atoms with Crippen LogP contribution in [0, 0.1) is 17.7 Å². The van der Waals surface area contributed by atoms with E-state index < -0.39 is 11.8 Å². The lowest BCUT2D eigenvalue weighted by molar-refractivity contribution is -0.142. The molecule has 2 aromatic carbocycles. The van der Waals surface area contributed by atoms with Gasteiger partial charge in [-0.05, 0) is 84.7 Å². The van der Waals surface area contributed by atoms with Crippen LogP contribution in [0.4, 0.5) is 10.1 Å². The summed E-state index contributed by atoms with van der Waals surface area (Å²) in [6.45, 7) is 1.15. The van der Waals surface area contributed by atoms with Crippen molar-refractivity contribution >= 4 is 40.0 Å². The molecule has 0 spiro atoms. The third-order valence-electron chi connectivity index (χ3n) is 6.51. The summed E-state index contributed by atoms with van der Waals surface area (Å²) in [7, 11) is 0. The largest absolute Gasteiger partial charge is 0.334 e. The molecular weight excluding hydrogens is 417 g/mol. The number of amides is 2. The second kappa shape index (κ2) is 7.93. The third kappa shape index (κ3) is 3.88. The van der Waals surface area contributed by atoms with Crippen LogP contribution >= 0.6 is 11.6 Å². The van der Waals surface area contributed by atoms with E-state index in [4.69, 9.17) is 11.6 Å². The van der Waals surface area contributed by atoms with E-state index in [1.165, 1.54) is 6.07 Å². The van der Waals surface area contributed by atoms with Crippen molar-refractivity contribution in [1.29, 1.82) is 0 Å². The Morgan fingerprint density at radius 3 is 2.45 bits per heavy atom. The molecule has 1 aliphatic heterocycles. The van der Waals surface area contributed by atoms with Crippen molar-refractivity contribution in [3.05, 3.63) is 71.1 Å². The SMILES string of the molecule is O=C(Nc1ccc(Cl)cc1)C(=O)N1C[C@H]2C[C@@H](c3ccnc4ccc(F)cc34)C[C@H]2C1. The van der Waals surface area contributed by atoms with Crippen LogP contribution in [0.5, 0.6) is 0 Å². The number of likely N-dealkylation sites (tertiary alicyclic amines) is 1. The Bertz CT molecular complexity index is 1150. The van der Waals surface area contributed by atoms with Crippen LogP contribution in [0.15, 0.2) is 54.7 Å². The highest BCUT2D eigenvalue weighted by Crippen LogP contribution is 2.47. The number of carbonyl (C=O) groups excluding carboxylic acids is 2. The number of nitrogens with zero attached hydrogens (tertiary/aromatic N) is 2. The molecule has 7 heteroatoms. The number of anilines is 1. The number of hydrogen-bond donors (Lipinski definition) is 1. The first-order chi connectivity index (χ1) is 15.0. The van der Waals surface area contributed by atoms with E-state index in [2.05, 4.69) is 10.3 Å². The fraction of sp³-hybridized carbons (Fsp3) is 0.292. The van der Waals surface area contributed by atoms with Gasteiger partial charge in [0.2, 0.25) is 0 Å². The molecule has 5 nitrogen and oxygen atoms in total. The molecule has 3 aromatic rings. The normalized spacial score (nSPS) is 22.5. The Balaban J connectivity index is 1.25. The van der Waals surface area contributed by atoms with Gasteiger partial charge in [0, 0.05) is 35.4 Å². The average molecular weight is 438 g/mol. The van der Waals surface area contributed by atoms with Crippen molar-refractivity contribution in [2.45, 2.75) is 18.8 Å². The summed E-state index contributed by atoms with van der Waals surface area (Å²) < 4.78 is 13.8. The number of aromatic nitrogens is 1. The lowest BCUT2D eigenvalue weighted by Crippen LogP contribution is -2.38. The van der Waals surface area contributed by atoms with Crippen LogP contribution in [-0.2, 0) is 9.59 Å². The highest BCUT2D eigenvalue weighted by Gasteiger charge is 2.44. The molecule has 1 aliphatic carbocycles. The fourth-order valence-electron chi connectivity index (χ4n) is 5.08. The molecule has 1 saturated heterocycles. The maximum absolute atomic E-state index is 13.8. The van der Waals surface area contributed by atoms with Crippen LogP contribution < -0.4 is 5.32 Å². The predicted octanol–water partition coefficient (Wildman–Crippen LogP) is 4.62. The average Bonchev–Trinajstić information content (AvgIpc) is 3.33. The zero-order valence-corrected chi connectivity index (χ0v) is 17.5. The van der Waals surface area contributed by atoms with Gasteiger partial charge in [0.15, 0.2) is 0 Å². The molecule has 0 radical (unpaired) electrons. The Labute approximate surface area is 184 Å². The first kappa shape index (κ1) is 19.9. The van der Waals surface area contributed by atoms with Gasteiger partial charge in [-0.3, -0.25) is 14.6 Å². The molecular formula is C24H21ClFN3O2. The first-order valence-electron chi connectivity index (χ1n) is 10.4. The summed E-state index contributed by atoms with van der Waals surface area (Å²) in [4.78, 5) is 31.0. The van der Waals surface area contributed by atoms with Crippen molar-refractivity contribution in [2.24, 2.45) is 11.8 Å². The molecule has 1 aromatic heterocycles. The van der Waals surface area contributed by atoms with E-state index in [0.29, 0.717) is 41.6 Å². The van der Waals surface area contributed by atoms with E-state index in [1.54, 1.807) is 47.5 Å². The molecule has 0 bridgehead atoms. The molecule has 2 aliphatic rings. The quantitative estimate of drug-likeness (QED) is 0.595. The maximum Gasteiger partial charge on any atom is 0.313 e. The lowest BCUT2D eigenvalue weighted by Gasteiger charge is -2.20. The second-order valence-corrected chi connectivity index (χ2v) is 8.86. The lowest BCUT2D eigenvalue weighted by atomic mass is 9.93. The minimum atomic E-state index is -0.630. The van der Waals surface area contributed by atoms with Gasteiger partial charge >= 0.3 is 11.8 Å². The minimum Gasteiger partial charge on any atom is -0.334 e. The summed E-state index contributed by atoms with van der Waals surface area (Å²) in [5.74, 6) is -0.402. The molecule has 158 valence electrons. The summed E-state index contributed by atoms with van der Waals surface area (Å²) in [5, 5.41) is 4.07. The van der Waals surface area contributed by atoms with Gasteiger partial charge in [-0.1, -0.05) is 11.6 Å². The van der Waals surface area contributed by atoms with Crippen molar-refractivity contribution < 1.29 is 14.0 Å². The maximum atomic E-state index is 13.8. The predicted molar refractivity (Wildman–Crippen MR) is 117 cm³/mol. The Morgan fingerprint density at radius 1 is 1.03 bits per heavy atom. The van der Waals surface area contributed by atoms with Crippen LogP contribution in [0.3, 0.4) is 0 Å². The number of nitrogens with one attached hydrogen (secondary N) is 1. The van der Waals surface area contributed by atoms with Gasteiger partial charge in [-0.25, -0.2) is 4.39 Å². The number of fused-ring (bicyclic) bond motifs is 2. The highest BCUT2D eigenvalue weighted by atomic mass is 35.5. The Morgan fingerprint density at radius 2 is 1.74 bits per heavy atom. The van der Waals surface area contributed by atoms with Gasteiger partial charge in [-0.2, -0.15) is 0 Å².